The third kappa shape index (κ3) is 5.19. The van der Waals surface area contributed by atoms with Crippen LogP contribution in [-0.4, -0.2) is 46.3 Å². The summed E-state index contributed by atoms with van der Waals surface area (Å²) in [5.41, 5.74) is 0. The molecule has 0 aromatic carbocycles. The van der Waals surface area contributed by atoms with Crippen LogP contribution in [0.5, 0.6) is 0 Å². The Hall–Kier alpha value is 0.274. The van der Waals surface area contributed by atoms with Gasteiger partial charge in [-0.2, -0.15) is 0 Å². The van der Waals surface area contributed by atoms with Crippen molar-refractivity contribution in [2.75, 3.05) is 28.4 Å². The minimum Gasteiger partial charge on any atom is -0.398 e. The van der Waals surface area contributed by atoms with Crippen LogP contribution >= 0.6 is 0 Å². The quantitative estimate of drug-likeness (QED) is 0.455. The van der Waals surface area contributed by atoms with E-state index >= 15 is 0 Å². The maximum atomic E-state index is 5.65. The number of hydrogen-bond donors (Lipinski definition) is 0. The zero-order chi connectivity index (χ0) is 13.3. The molecule has 1 atom stereocenters. The summed E-state index contributed by atoms with van der Waals surface area (Å²) in [6.07, 6.45) is 4.69. The van der Waals surface area contributed by atoms with Crippen molar-refractivity contribution in [3.05, 3.63) is 0 Å². The van der Waals surface area contributed by atoms with Gasteiger partial charge in [0.05, 0.1) is 0 Å². The Balaban J connectivity index is 4.68. The van der Waals surface area contributed by atoms with E-state index in [-0.39, 0.29) is 0 Å². The molecular formula is C11H27O4Si2. The first-order valence-corrected chi connectivity index (χ1v) is 9.93. The second kappa shape index (κ2) is 9.24. The van der Waals surface area contributed by atoms with E-state index in [0.717, 1.165) is 6.42 Å². The fraction of sp³-hybridized carbons (Fsp3) is 1.00. The van der Waals surface area contributed by atoms with E-state index in [1.165, 1.54) is 19.3 Å². The van der Waals surface area contributed by atoms with E-state index in [0.29, 0.717) is 5.16 Å². The van der Waals surface area contributed by atoms with Crippen molar-refractivity contribution in [2.45, 2.75) is 44.3 Å². The third-order valence-corrected chi connectivity index (χ3v) is 10.3. The molecule has 4 nitrogen and oxygen atoms in total. The smallest absolute Gasteiger partial charge is 0.389 e. The molecule has 0 heterocycles. The lowest BCUT2D eigenvalue weighted by Crippen LogP contribution is -2.49. The first-order chi connectivity index (χ1) is 8.09. The molecule has 0 aliphatic heterocycles. The molecule has 0 rings (SSSR count). The zero-order valence-corrected chi connectivity index (χ0v) is 14.0. The maximum Gasteiger partial charge on any atom is 0.389 e. The van der Waals surface area contributed by atoms with Crippen molar-refractivity contribution in [1.82, 2.24) is 0 Å². The van der Waals surface area contributed by atoms with Gasteiger partial charge in [0.1, 0.15) is 0 Å². The van der Waals surface area contributed by atoms with Crippen LogP contribution in [0.15, 0.2) is 0 Å². The predicted molar refractivity (Wildman–Crippen MR) is 73.3 cm³/mol. The Morgan fingerprint density at radius 1 is 1.00 bits per heavy atom. The second-order valence-electron chi connectivity index (χ2n) is 4.20. The van der Waals surface area contributed by atoms with Crippen LogP contribution < -0.4 is 0 Å². The van der Waals surface area contributed by atoms with Crippen molar-refractivity contribution in [2.24, 2.45) is 0 Å². The van der Waals surface area contributed by atoms with Gasteiger partial charge < -0.3 is 17.7 Å². The molecular weight excluding hydrogens is 252 g/mol. The van der Waals surface area contributed by atoms with Gasteiger partial charge in [0.2, 0.25) is 0 Å². The van der Waals surface area contributed by atoms with Crippen LogP contribution in [0.1, 0.15) is 32.6 Å². The highest BCUT2D eigenvalue weighted by Crippen LogP contribution is 2.32. The van der Waals surface area contributed by atoms with E-state index in [4.69, 9.17) is 17.7 Å². The normalized spacial score (nSPS) is 14.3. The van der Waals surface area contributed by atoms with Crippen LogP contribution in [0.2, 0.25) is 11.7 Å². The van der Waals surface area contributed by atoms with Crippen molar-refractivity contribution >= 4 is 17.8 Å². The molecule has 0 N–H and O–H groups in total. The lowest BCUT2D eigenvalue weighted by molar-refractivity contribution is 0.220. The highest BCUT2D eigenvalue weighted by molar-refractivity contribution is 6.79. The minimum absolute atomic E-state index is 0.295. The Morgan fingerprint density at radius 3 is 1.88 bits per heavy atom. The lowest BCUT2D eigenvalue weighted by Gasteiger charge is -2.33. The molecule has 0 aliphatic carbocycles. The molecule has 17 heavy (non-hydrogen) atoms. The van der Waals surface area contributed by atoms with Gasteiger partial charge in [0, 0.05) is 33.6 Å². The van der Waals surface area contributed by atoms with Gasteiger partial charge in [-0.25, -0.2) is 0 Å². The van der Waals surface area contributed by atoms with Crippen LogP contribution in [0.25, 0.3) is 0 Å². The molecule has 0 saturated carbocycles. The summed E-state index contributed by atoms with van der Waals surface area (Å²) in [7, 11) is 3.39. The van der Waals surface area contributed by atoms with E-state index in [1.807, 2.05) is 0 Å². The molecule has 0 aliphatic rings. The van der Waals surface area contributed by atoms with Gasteiger partial charge in [-0.1, -0.05) is 26.2 Å². The highest BCUT2D eigenvalue weighted by atomic mass is 28.4. The first-order valence-electron chi connectivity index (χ1n) is 6.14. The summed E-state index contributed by atoms with van der Waals surface area (Å²) in [4.78, 5) is 0. The molecule has 0 amide bonds. The van der Waals surface area contributed by atoms with Crippen molar-refractivity contribution in [3.8, 4) is 0 Å². The monoisotopic (exact) mass is 279 g/mol. The Kier molecular flexibility index (Phi) is 9.39. The van der Waals surface area contributed by atoms with E-state index in [1.54, 1.807) is 28.4 Å². The Labute approximate surface area is 109 Å². The standard InChI is InChI=1S/C11H27O4Si2/c1-7-8-9-10-11(16(12-2)13-3)17(6,14-4)15-5/h11H,7-10H2,1-6H3. The van der Waals surface area contributed by atoms with Gasteiger partial charge in [-0.15, -0.1) is 0 Å². The number of hydrogen-bond acceptors (Lipinski definition) is 4. The summed E-state index contributed by atoms with van der Waals surface area (Å²) in [5.74, 6) is 0. The van der Waals surface area contributed by atoms with Gasteiger partial charge in [-0.05, 0) is 13.0 Å². The summed E-state index contributed by atoms with van der Waals surface area (Å²) < 4.78 is 22.3. The number of unbranched alkanes of at least 4 members (excludes halogenated alkanes) is 2. The SMILES string of the molecule is CCCCCC([Si](OC)OC)[Si](C)(OC)OC. The van der Waals surface area contributed by atoms with Crippen LogP contribution in [-0.2, 0) is 17.7 Å². The summed E-state index contributed by atoms with van der Waals surface area (Å²) in [6, 6.07) is 0. The van der Waals surface area contributed by atoms with Crippen molar-refractivity contribution in [1.29, 1.82) is 0 Å². The van der Waals surface area contributed by atoms with Crippen LogP contribution in [0.4, 0.5) is 0 Å². The Bertz CT molecular complexity index is 184. The van der Waals surface area contributed by atoms with Gasteiger partial charge in [-0.3, -0.25) is 0 Å². The molecule has 0 spiro atoms. The molecule has 6 heteroatoms. The molecule has 1 radical (unpaired) electrons. The molecule has 0 fully saturated rings. The Morgan fingerprint density at radius 2 is 1.53 bits per heavy atom. The molecule has 0 aromatic rings. The molecule has 0 bridgehead atoms. The largest absolute Gasteiger partial charge is 0.398 e. The fourth-order valence-corrected chi connectivity index (χ4v) is 7.69. The van der Waals surface area contributed by atoms with Crippen LogP contribution in [0, 0.1) is 0 Å². The predicted octanol–water partition coefficient (Wildman–Crippen LogP) is 2.62. The second-order valence-corrected chi connectivity index (χ2v) is 10.5. The summed E-state index contributed by atoms with van der Waals surface area (Å²) in [6.45, 7) is 4.29. The van der Waals surface area contributed by atoms with E-state index < -0.39 is 17.8 Å². The molecule has 0 aromatic heterocycles. The fourth-order valence-electron chi connectivity index (χ4n) is 1.93. The van der Waals surface area contributed by atoms with Gasteiger partial charge >= 0.3 is 17.8 Å². The molecule has 1 unspecified atom stereocenters. The van der Waals surface area contributed by atoms with Gasteiger partial charge in [0.25, 0.3) is 0 Å². The maximum absolute atomic E-state index is 5.65. The van der Waals surface area contributed by atoms with Crippen molar-refractivity contribution in [3.63, 3.8) is 0 Å². The molecule has 103 valence electrons. The van der Waals surface area contributed by atoms with Gasteiger partial charge in [0.15, 0.2) is 0 Å². The summed E-state index contributed by atoms with van der Waals surface area (Å²) in [5, 5.41) is 0.295. The minimum atomic E-state index is -2.19. The highest BCUT2D eigenvalue weighted by Gasteiger charge is 2.47. The summed E-state index contributed by atoms with van der Waals surface area (Å²) >= 11 is 0. The van der Waals surface area contributed by atoms with Crippen LogP contribution in [0.3, 0.4) is 0 Å². The zero-order valence-electron chi connectivity index (χ0n) is 12.0. The molecule has 0 saturated heterocycles. The third-order valence-electron chi connectivity index (χ3n) is 3.23. The van der Waals surface area contributed by atoms with Crippen molar-refractivity contribution < 1.29 is 17.7 Å². The first kappa shape index (κ1) is 17.3. The lowest BCUT2D eigenvalue weighted by atomic mass is 10.2. The average Bonchev–Trinajstić information content (AvgIpc) is 2.37. The van der Waals surface area contributed by atoms with E-state index in [2.05, 4.69) is 13.5 Å². The average molecular weight is 280 g/mol. The number of rotatable bonds is 10. The van der Waals surface area contributed by atoms with E-state index in [9.17, 15) is 0 Å². The topological polar surface area (TPSA) is 36.9 Å².